The van der Waals surface area contributed by atoms with E-state index in [4.69, 9.17) is 21.1 Å². The predicted molar refractivity (Wildman–Crippen MR) is 64.6 cm³/mol. The third-order valence-corrected chi connectivity index (χ3v) is 2.86. The van der Waals surface area contributed by atoms with Crippen molar-refractivity contribution >= 4 is 11.6 Å². The minimum absolute atomic E-state index is 0.453. The molecule has 0 aliphatic carbocycles. The molecule has 6 heteroatoms. The Balaban J connectivity index is 2.68. The summed E-state index contributed by atoms with van der Waals surface area (Å²) >= 11 is 6.01. The Morgan fingerprint density at radius 3 is 2.12 bits per heavy atom. The lowest BCUT2D eigenvalue weighted by molar-refractivity contribution is 0.374. The van der Waals surface area contributed by atoms with Crippen LogP contribution in [0.25, 0.3) is 11.3 Å². The van der Waals surface area contributed by atoms with Gasteiger partial charge in [0.15, 0.2) is 0 Å². The zero-order valence-electron chi connectivity index (χ0n) is 9.77. The van der Waals surface area contributed by atoms with Gasteiger partial charge in [0.2, 0.25) is 11.8 Å². The minimum Gasteiger partial charge on any atom is -0.480 e. The van der Waals surface area contributed by atoms with E-state index in [2.05, 4.69) is 9.97 Å². The summed E-state index contributed by atoms with van der Waals surface area (Å²) in [4.78, 5) is 8.13. The third kappa shape index (κ3) is 1.93. The first-order valence-electron chi connectivity index (χ1n) is 4.93. The minimum atomic E-state index is 0.453. The molecule has 0 aliphatic rings. The molecule has 2 aromatic rings. The van der Waals surface area contributed by atoms with Crippen LogP contribution in [0.4, 0.5) is 0 Å². The first-order chi connectivity index (χ1) is 8.19. The van der Waals surface area contributed by atoms with E-state index in [9.17, 15) is 0 Å². The Bertz CT molecular complexity index is 517. The molecule has 5 nitrogen and oxygen atoms in total. The fraction of sp³-hybridized carbons (Fsp3) is 0.273. The third-order valence-electron chi connectivity index (χ3n) is 2.48. The standard InChI is InChI=1S/C11H12ClN3O2/c1-15-7(4-5-8(15)12)9-10(16-2)13-6-14-11(9)17-3/h4-6H,1-3H3. The van der Waals surface area contributed by atoms with Crippen LogP contribution in [0.2, 0.25) is 5.15 Å². The second-order valence-corrected chi connectivity index (χ2v) is 3.75. The van der Waals surface area contributed by atoms with Crippen molar-refractivity contribution in [2.24, 2.45) is 7.05 Å². The van der Waals surface area contributed by atoms with E-state index < -0.39 is 0 Å². The van der Waals surface area contributed by atoms with Gasteiger partial charge in [-0.15, -0.1) is 0 Å². The molecule has 0 fully saturated rings. The number of nitrogens with zero attached hydrogens (tertiary/aromatic N) is 3. The normalized spacial score (nSPS) is 10.4. The average Bonchev–Trinajstić information content (AvgIpc) is 2.69. The van der Waals surface area contributed by atoms with Gasteiger partial charge in [0.1, 0.15) is 17.0 Å². The first-order valence-corrected chi connectivity index (χ1v) is 5.31. The van der Waals surface area contributed by atoms with Crippen molar-refractivity contribution in [3.05, 3.63) is 23.6 Å². The van der Waals surface area contributed by atoms with Gasteiger partial charge in [0.05, 0.1) is 19.9 Å². The van der Waals surface area contributed by atoms with Crippen LogP contribution in [0.5, 0.6) is 11.8 Å². The van der Waals surface area contributed by atoms with Gasteiger partial charge in [-0.25, -0.2) is 9.97 Å². The lowest BCUT2D eigenvalue weighted by Crippen LogP contribution is -2.01. The van der Waals surface area contributed by atoms with Crippen molar-refractivity contribution in [2.75, 3.05) is 14.2 Å². The molecule has 90 valence electrons. The molecule has 0 spiro atoms. The lowest BCUT2D eigenvalue weighted by Gasteiger charge is -2.11. The van der Waals surface area contributed by atoms with E-state index in [1.165, 1.54) is 6.33 Å². The van der Waals surface area contributed by atoms with E-state index in [1.54, 1.807) is 20.3 Å². The molecule has 0 atom stereocenters. The molecule has 0 amide bonds. The van der Waals surface area contributed by atoms with Gasteiger partial charge in [-0.2, -0.15) is 0 Å². The summed E-state index contributed by atoms with van der Waals surface area (Å²) in [6.07, 6.45) is 1.39. The van der Waals surface area contributed by atoms with Crippen LogP contribution in [0.15, 0.2) is 18.5 Å². The molecule has 0 bridgehead atoms. The van der Waals surface area contributed by atoms with Crippen LogP contribution < -0.4 is 9.47 Å². The summed E-state index contributed by atoms with van der Waals surface area (Å²) < 4.78 is 12.2. The van der Waals surface area contributed by atoms with Crippen LogP contribution in [0, 0.1) is 0 Å². The Labute approximate surface area is 104 Å². The van der Waals surface area contributed by atoms with Gasteiger partial charge in [0.25, 0.3) is 0 Å². The summed E-state index contributed by atoms with van der Waals surface area (Å²) in [7, 11) is 4.95. The van der Waals surface area contributed by atoms with Crippen molar-refractivity contribution < 1.29 is 9.47 Å². The number of hydrogen-bond donors (Lipinski definition) is 0. The highest BCUT2D eigenvalue weighted by molar-refractivity contribution is 6.29. The maximum Gasteiger partial charge on any atom is 0.229 e. The maximum atomic E-state index is 6.01. The van der Waals surface area contributed by atoms with E-state index in [0.29, 0.717) is 22.5 Å². The van der Waals surface area contributed by atoms with Crippen LogP contribution in [-0.2, 0) is 7.05 Å². The fourth-order valence-electron chi connectivity index (χ4n) is 1.62. The van der Waals surface area contributed by atoms with E-state index >= 15 is 0 Å². The SMILES string of the molecule is COc1ncnc(OC)c1-c1ccc(Cl)n1C. The largest absolute Gasteiger partial charge is 0.480 e. The Kier molecular flexibility index (Phi) is 3.19. The summed E-state index contributed by atoms with van der Waals surface area (Å²) in [5.74, 6) is 0.907. The van der Waals surface area contributed by atoms with Crippen molar-refractivity contribution in [2.45, 2.75) is 0 Å². The fourth-order valence-corrected chi connectivity index (χ4v) is 1.77. The van der Waals surface area contributed by atoms with Crippen molar-refractivity contribution in [1.29, 1.82) is 0 Å². The molecule has 2 heterocycles. The maximum absolute atomic E-state index is 6.01. The molecule has 0 saturated heterocycles. The number of ether oxygens (including phenoxy) is 2. The molecule has 17 heavy (non-hydrogen) atoms. The number of halogens is 1. The highest BCUT2D eigenvalue weighted by atomic mass is 35.5. The summed E-state index contributed by atoms with van der Waals surface area (Å²) in [5.41, 5.74) is 1.52. The van der Waals surface area contributed by atoms with Gasteiger partial charge in [-0.3, -0.25) is 0 Å². The first kappa shape index (κ1) is 11.7. The average molecular weight is 254 g/mol. The molecule has 0 radical (unpaired) electrons. The topological polar surface area (TPSA) is 49.2 Å². The molecular weight excluding hydrogens is 242 g/mol. The molecule has 0 saturated carbocycles. The van der Waals surface area contributed by atoms with Gasteiger partial charge in [-0.1, -0.05) is 11.6 Å². The molecule has 0 N–H and O–H groups in total. The Morgan fingerprint density at radius 2 is 1.71 bits per heavy atom. The lowest BCUT2D eigenvalue weighted by atomic mass is 10.2. The predicted octanol–water partition coefficient (Wildman–Crippen LogP) is 2.15. The Hall–Kier alpha value is -1.75. The van der Waals surface area contributed by atoms with Gasteiger partial charge in [0, 0.05) is 7.05 Å². The smallest absolute Gasteiger partial charge is 0.229 e. The van der Waals surface area contributed by atoms with Crippen molar-refractivity contribution in [1.82, 2.24) is 14.5 Å². The molecule has 0 aliphatic heterocycles. The summed E-state index contributed by atoms with van der Waals surface area (Å²) in [5, 5.41) is 0.618. The molecule has 2 rings (SSSR count). The second kappa shape index (κ2) is 4.63. The number of methoxy groups -OCH3 is 2. The Morgan fingerprint density at radius 1 is 1.12 bits per heavy atom. The second-order valence-electron chi connectivity index (χ2n) is 3.37. The number of rotatable bonds is 3. The molecule has 2 aromatic heterocycles. The quantitative estimate of drug-likeness (QED) is 0.841. The zero-order chi connectivity index (χ0) is 12.4. The van der Waals surface area contributed by atoms with Crippen LogP contribution in [0.3, 0.4) is 0 Å². The summed E-state index contributed by atoms with van der Waals surface area (Å²) in [6, 6.07) is 3.66. The van der Waals surface area contributed by atoms with E-state index in [0.717, 1.165) is 5.69 Å². The van der Waals surface area contributed by atoms with E-state index in [1.807, 2.05) is 17.7 Å². The van der Waals surface area contributed by atoms with Crippen LogP contribution in [0.1, 0.15) is 0 Å². The van der Waals surface area contributed by atoms with Gasteiger partial charge >= 0.3 is 0 Å². The monoisotopic (exact) mass is 253 g/mol. The molecule has 0 unspecified atom stereocenters. The molecular formula is C11H12ClN3O2. The number of hydrogen-bond acceptors (Lipinski definition) is 4. The number of aromatic nitrogens is 3. The van der Waals surface area contributed by atoms with Crippen molar-refractivity contribution in [3.8, 4) is 23.0 Å². The van der Waals surface area contributed by atoms with E-state index in [-0.39, 0.29) is 0 Å². The summed E-state index contributed by atoms with van der Waals surface area (Å²) in [6.45, 7) is 0. The molecule has 0 aromatic carbocycles. The van der Waals surface area contributed by atoms with Crippen molar-refractivity contribution in [3.63, 3.8) is 0 Å². The van der Waals surface area contributed by atoms with Gasteiger partial charge < -0.3 is 14.0 Å². The zero-order valence-corrected chi connectivity index (χ0v) is 10.5. The highest BCUT2D eigenvalue weighted by Crippen LogP contribution is 2.36. The highest BCUT2D eigenvalue weighted by Gasteiger charge is 2.18. The van der Waals surface area contributed by atoms with Crippen LogP contribution >= 0.6 is 11.6 Å². The van der Waals surface area contributed by atoms with Crippen LogP contribution in [-0.4, -0.2) is 28.8 Å². The van der Waals surface area contributed by atoms with Gasteiger partial charge in [-0.05, 0) is 12.1 Å².